The van der Waals surface area contributed by atoms with E-state index in [-0.39, 0.29) is 5.71 Å². The quantitative estimate of drug-likeness (QED) is 0.701. The molecular formula is C23H18BrNO5. The van der Waals surface area contributed by atoms with Crippen molar-refractivity contribution >= 4 is 33.4 Å². The summed E-state index contributed by atoms with van der Waals surface area (Å²) in [6, 6.07) is 16.5. The minimum atomic E-state index is -2.14. The van der Waals surface area contributed by atoms with Gasteiger partial charge in [-0.05, 0) is 29.3 Å². The van der Waals surface area contributed by atoms with Gasteiger partial charge in [0.15, 0.2) is 11.2 Å². The van der Waals surface area contributed by atoms with Gasteiger partial charge in [-0.2, -0.15) is 0 Å². The van der Waals surface area contributed by atoms with Gasteiger partial charge in [-0.25, -0.2) is 0 Å². The molecule has 2 aliphatic heterocycles. The van der Waals surface area contributed by atoms with Crippen LogP contribution >= 0.6 is 15.9 Å². The second-order valence-corrected chi connectivity index (χ2v) is 8.50. The van der Waals surface area contributed by atoms with Gasteiger partial charge in [0.25, 0.3) is 0 Å². The molecule has 30 heavy (non-hydrogen) atoms. The number of aliphatic hydroxyl groups is 1. The summed E-state index contributed by atoms with van der Waals surface area (Å²) in [6.07, 6.45) is 1.72. The molecule has 4 unspecified atom stereocenters. The van der Waals surface area contributed by atoms with Crippen molar-refractivity contribution in [2.75, 3.05) is 13.7 Å². The normalized spacial score (nSPS) is 31.5. The van der Waals surface area contributed by atoms with E-state index in [0.29, 0.717) is 17.9 Å². The van der Waals surface area contributed by atoms with Crippen LogP contribution in [0, 0.1) is 5.92 Å². The minimum Gasteiger partial charge on any atom is -0.476 e. The zero-order valence-corrected chi connectivity index (χ0v) is 17.6. The first-order chi connectivity index (χ1) is 14.4. The minimum absolute atomic E-state index is 0.0747. The van der Waals surface area contributed by atoms with Crippen LogP contribution < -0.4 is 0 Å². The Balaban J connectivity index is 1.80. The maximum absolute atomic E-state index is 13.5. The second-order valence-electron chi connectivity index (χ2n) is 7.59. The number of esters is 1. The summed E-state index contributed by atoms with van der Waals surface area (Å²) in [7, 11) is 1.25. The number of rotatable bonds is 3. The molecule has 0 aromatic heterocycles. The first kappa shape index (κ1) is 19.2. The molecule has 0 bridgehead atoms. The Morgan fingerprint density at radius 2 is 1.90 bits per heavy atom. The van der Waals surface area contributed by atoms with Crippen molar-refractivity contribution in [1.29, 1.82) is 0 Å². The molecule has 6 nitrogen and oxygen atoms in total. The van der Waals surface area contributed by atoms with Crippen LogP contribution in [-0.4, -0.2) is 41.8 Å². The molecular weight excluding hydrogens is 450 g/mol. The largest absolute Gasteiger partial charge is 0.476 e. The number of hydrogen-bond donors (Lipinski definition) is 1. The van der Waals surface area contributed by atoms with E-state index in [0.717, 1.165) is 10.0 Å². The van der Waals surface area contributed by atoms with E-state index in [9.17, 15) is 14.7 Å². The highest BCUT2D eigenvalue weighted by Gasteiger charge is 2.83. The summed E-state index contributed by atoms with van der Waals surface area (Å²) < 4.78 is 12.3. The van der Waals surface area contributed by atoms with Gasteiger partial charge in [-0.1, -0.05) is 58.4 Å². The molecule has 0 radical (unpaired) electrons. The van der Waals surface area contributed by atoms with E-state index in [1.165, 1.54) is 7.11 Å². The molecule has 2 heterocycles. The molecule has 1 N–H and O–H groups in total. The fraction of sp³-hybridized carbons (Fsp3) is 0.261. The average molecular weight is 468 g/mol. The molecule has 1 aliphatic carbocycles. The highest BCUT2D eigenvalue weighted by Crippen LogP contribution is 2.68. The van der Waals surface area contributed by atoms with E-state index in [4.69, 9.17) is 9.47 Å². The molecule has 0 spiro atoms. The van der Waals surface area contributed by atoms with Crippen molar-refractivity contribution in [2.45, 2.75) is 17.1 Å². The third-order valence-corrected chi connectivity index (χ3v) is 6.79. The van der Waals surface area contributed by atoms with E-state index >= 15 is 0 Å². The van der Waals surface area contributed by atoms with Gasteiger partial charge in [0.1, 0.15) is 17.4 Å². The number of ether oxygens (including phenoxy) is 2. The Kier molecular flexibility index (Phi) is 4.24. The molecule has 152 valence electrons. The van der Waals surface area contributed by atoms with Gasteiger partial charge in [-0.3, -0.25) is 14.6 Å². The number of hydrogen-bond acceptors (Lipinski definition) is 6. The molecule has 2 aromatic rings. The molecule has 2 fully saturated rings. The number of Topliss-reactive ketones (excluding diaryl/α,β-unsaturated/α-hetero) is 1. The number of fused-ring (bicyclic) bond motifs is 2. The van der Waals surface area contributed by atoms with Crippen LogP contribution in [0.15, 0.2) is 75.9 Å². The highest BCUT2D eigenvalue weighted by atomic mass is 79.9. The molecule has 0 amide bonds. The summed E-state index contributed by atoms with van der Waals surface area (Å²) in [6.45, 7) is 0.293. The van der Waals surface area contributed by atoms with Crippen LogP contribution in [0.25, 0.3) is 0 Å². The second kappa shape index (κ2) is 6.62. The van der Waals surface area contributed by atoms with Gasteiger partial charge in [-0.15, -0.1) is 0 Å². The van der Waals surface area contributed by atoms with Crippen LogP contribution in [0.4, 0.5) is 0 Å². The maximum Gasteiger partial charge on any atom is 0.313 e. The molecule has 5 rings (SSSR count). The summed E-state index contributed by atoms with van der Waals surface area (Å²) in [5, 5.41) is 11.9. The summed E-state index contributed by atoms with van der Waals surface area (Å²) >= 11 is 3.42. The van der Waals surface area contributed by atoms with Gasteiger partial charge in [0.2, 0.25) is 5.78 Å². The van der Waals surface area contributed by atoms with E-state index in [2.05, 4.69) is 20.9 Å². The number of carbonyl (C=O) groups is 2. The SMILES string of the molecule is COC(=O)C1C(c2ccccc2)C2(c3ccc(Br)cc3)OC3=CCN=C3C(=O)C12O. The standard InChI is InChI=1S/C23H18BrNO5/c1-29-21(27)18-17(13-5-3-2-4-6-13)23(14-7-9-15(24)10-8-14)22(18,28)20(26)19-16(30-23)11-12-25-19/h2-11,17-18,28H,12H2,1H3. The average Bonchev–Trinajstić information content (AvgIpc) is 3.23. The summed E-state index contributed by atoms with van der Waals surface area (Å²) in [5.74, 6) is -2.70. The highest BCUT2D eigenvalue weighted by molar-refractivity contribution is 9.10. The Hall–Kier alpha value is -2.77. The van der Waals surface area contributed by atoms with Gasteiger partial charge < -0.3 is 14.6 Å². The zero-order chi connectivity index (χ0) is 21.1. The predicted octanol–water partition coefficient (Wildman–Crippen LogP) is 2.90. The number of ketones is 1. The van der Waals surface area contributed by atoms with Crippen molar-refractivity contribution in [3.05, 3.63) is 82.0 Å². The third kappa shape index (κ3) is 2.24. The topological polar surface area (TPSA) is 85.2 Å². The monoisotopic (exact) mass is 467 g/mol. The Morgan fingerprint density at radius 1 is 1.20 bits per heavy atom. The number of nitrogens with zero attached hydrogens (tertiary/aromatic N) is 1. The van der Waals surface area contributed by atoms with Gasteiger partial charge in [0.05, 0.1) is 13.7 Å². The fourth-order valence-corrected chi connectivity index (χ4v) is 5.26. The molecule has 1 saturated heterocycles. The number of methoxy groups -OCH3 is 1. The summed E-state index contributed by atoms with van der Waals surface area (Å²) in [4.78, 5) is 30.6. The van der Waals surface area contributed by atoms with Crippen molar-refractivity contribution in [2.24, 2.45) is 10.9 Å². The van der Waals surface area contributed by atoms with E-state index < -0.39 is 34.8 Å². The molecule has 7 heteroatoms. The van der Waals surface area contributed by atoms with Crippen LogP contribution in [-0.2, 0) is 24.7 Å². The number of aliphatic imine (C=N–C) groups is 1. The Morgan fingerprint density at radius 3 is 2.57 bits per heavy atom. The third-order valence-electron chi connectivity index (χ3n) is 6.27. The fourth-order valence-electron chi connectivity index (χ4n) is 5.00. The number of allylic oxidation sites excluding steroid dienone is 1. The van der Waals surface area contributed by atoms with Crippen molar-refractivity contribution in [3.63, 3.8) is 0 Å². The van der Waals surface area contributed by atoms with Crippen LogP contribution in [0.3, 0.4) is 0 Å². The lowest BCUT2D eigenvalue weighted by Gasteiger charge is -2.65. The first-order valence-electron chi connectivity index (χ1n) is 9.55. The molecule has 4 atom stereocenters. The zero-order valence-electron chi connectivity index (χ0n) is 16.0. The number of halogens is 1. The smallest absolute Gasteiger partial charge is 0.313 e. The lowest BCUT2D eigenvalue weighted by Crippen LogP contribution is -2.81. The van der Waals surface area contributed by atoms with Crippen molar-refractivity contribution in [3.8, 4) is 0 Å². The van der Waals surface area contributed by atoms with Crippen molar-refractivity contribution in [1.82, 2.24) is 0 Å². The summed E-state index contributed by atoms with van der Waals surface area (Å²) in [5.41, 5.74) is -2.19. The number of benzene rings is 2. The predicted molar refractivity (Wildman–Crippen MR) is 112 cm³/mol. The Labute approximate surface area is 181 Å². The van der Waals surface area contributed by atoms with Crippen LogP contribution in [0.2, 0.25) is 0 Å². The van der Waals surface area contributed by atoms with E-state index in [1.54, 1.807) is 18.2 Å². The first-order valence-corrected chi connectivity index (χ1v) is 10.3. The van der Waals surface area contributed by atoms with Crippen molar-refractivity contribution < 1.29 is 24.2 Å². The van der Waals surface area contributed by atoms with Gasteiger partial charge >= 0.3 is 5.97 Å². The molecule has 3 aliphatic rings. The van der Waals surface area contributed by atoms with Crippen LogP contribution in [0.5, 0.6) is 0 Å². The van der Waals surface area contributed by atoms with E-state index in [1.807, 2.05) is 42.5 Å². The lowest BCUT2D eigenvalue weighted by molar-refractivity contribution is -0.278. The number of carbonyl (C=O) groups excluding carboxylic acids is 2. The molecule has 2 aromatic carbocycles. The maximum atomic E-state index is 13.5. The Bertz CT molecular complexity index is 1110. The lowest BCUT2D eigenvalue weighted by atomic mass is 9.44. The molecule has 1 saturated carbocycles. The van der Waals surface area contributed by atoms with Crippen LogP contribution in [0.1, 0.15) is 17.0 Å². The van der Waals surface area contributed by atoms with Gasteiger partial charge in [0, 0.05) is 10.4 Å².